The topological polar surface area (TPSA) is 0 Å². The molecule has 2 unspecified atom stereocenters. The molecule has 2 atom stereocenters. The van der Waals surface area contributed by atoms with E-state index in [1.165, 1.54) is 32.1 Å². The van der Waals surface area contributed by atoms with Crippen LogP contribution in [0.2, 0.25) is 0 Å². The van der Waals surface area contributed by atoms with Gasteiger partial charge in [-0.25, -0.2) is 0 Å². The highest BCUT2D eigenvalue weighted by Crippen LogP contribution is 2.31. The Kier molecular flexibility index (Phi) is 14.7. The molecule has 86 valence electrons. The van der Waals surface area contributed by atoms with Crippen LogP contribution in [0.3, 0.4) is 0 Å². The van der Waals surface area contributed by atoms with Crippen molar-refractivity contribution in [3.63, 3.8) is 0 Å². The predicted octanol–water partition coefficient (Wildman–Crippen LogP) is 5.44. The Balaban J connectivity index is 0. The van der Waals surface area contributed by atoms with Gasteiger partial charge < -0.3 is 0 Å². The first-order valence-electron chi connectivity index (χ1n) is 6.45. The lowest BCUT2D eigenvalue weighted by atomic mass is 9.79. The zero-order chi connectivity index (χ0) is 11.4. The van der Waals surface area contributed by atoms with Gasteiger partial charge in [0.25, 0.3) is 0 Å². The Morgan fingerprint density at radius 1 is 1.07 bits per heavy atom. The Morgan fingerprint density at radius 3 is 2.00 bits per heavy atom. The van der Waals surface area contributed by atoms with Gasteiger partial charge in [0.05, 0.1) is 0 Å². The maximum Gasteiger partial charge on any atom is -0.0322 e. The summed E-state index contributed by atoms with van der Waals surface area (Å²) in [5.41, 5.74) is 0. The molecule has 0 heterocycles. The van der Waals surface area contributed by atoms with Crippen molar-refractivity contribution in [3.05, 3.63) is 12.7 Å². The Morgan fingerprint density at radius 2 is 1.57 bits per heavy atom. The standard InChI is InChI=1S/C10H18.2C2H6/c1-3-6-10-8-5-4-7-9(10)2;2*1-2/h3,9-10H,1,4-8H2,2H3;2*1-2H3. The molecule has 0 bridgehead atoms. The zero-order valence-corrected chi connectivity index (χ0v) is 11.0. The maximum absolute atomic E-state index is 3.79. The third kappa shape index (κ3) is 7.17. The van der Waals surface area contributed by atoms with Crippen LogP contribution >= 0.6 is 0 Å². The fourth-order valence-electron chi connectivity index (χ4n) is 1.96. The van der Waals surface area contributed by atoms with E-state index in [2.05, 4.69) is 19.6 Å². The third-order valence-corrected chi connectivity index (χ3v) is 2.76. The van der Waals surface area contributed by atoms with Crippen LogP contribution in [0.5, 0.6) is 0 Å². The summed E-state index contributed by atoms with van der Waals surface area (Å²) >= 11 is 0. The van der Waals surface area contributed by atoms with Crippen molar-refractivity contribution in [3.8, 4) is 0 Å². The van der Waals surface area contributed by atoms with E-state index in [4.69, 9.17) is 0 Å². The molecule has 0 amide bonds. The van der Waals surface area contributed by atoms with E-state index in [1.807, 2.05) is 27.7 Å². The Bertz CT molecular complexity index is 105. The van der Waals surface area contributed by atoms with E-state index in [0.29, 0.717) is 0 Å². The Hall–Kier alpha value is -0.260. The minimum Gasteiger partial charge on any atom is -0.103 e. The average molecular weight is 198 g/mol. The number of hydrogen-bond donors (Lipinski definition) is 0. The van der Waals surface area contributed by atoms with Crippen molar-refractivity contribution >= 4 is 0 Å². The molecule has 0 aliphatic heterocycles. The van der Waals surface area contributed by atoms with Crippen molar-refractivity contribution in [2.75, 3.05) is 0 Å². The fourth-order valence-corrected chi connectivity index (χ4v) is 1.96. The summed E-state index contributed by atoms with van der Waals surface area (Å²) in [5, 5.41) is 0. The molecule has 0 N–H and O–H groups in total. The quantitative estimate of drug-likeness (QED) is 0.518. The lowest BCUT2D eigenvalue weighted by Crippen LogP contribution is -2.15. The van der Waals surface area contributed by atoms with Crippen molar-refractivity contribution in [1.82, 2.24) is 0 Å². The number of hydrogen-bond acceptors (Lipinski definition) is 0. The highest BCUT2D eigenvalue weighted by atomic mass is 14.2. The number of allylic oxidation sites excluding steroid dienone is 1. The molecule has 14 heavy (non-hydrogen) atoms. The van der Waals surface area contributed by atoms with Gasteiger partial charge in [-0.2, -0.15) is 0 Å². The van der Waals surface area contributed by atoms with Crippen molar-refractivity contribution in [1.29, 1.82) is 0 Å². The van der Waals surface area contributed by atoms with Gasteiger partial charge in [0.15, 0.2) is 0 Å². The monoisotopic (exact) mass is 198 g/mol. The molecule has 0 spiro atoms. The van der Waals surface area contributed by atoms with E-state index in [9.17, 15) is 0 Å². The van der Waals surface area contributed by atoms with Crippen molar-refractivity contribution < 1.29 is 0 Å². The molecule has 0 aromatic carbocycles. The fraction of sp³-hybridized carbons (Fsp3) is 0.857. The first-order chi connectivity index (χ1) is 6.84. The van der Waals surface area contributed by atoms with E-state index >= 15 is 0 Å². The van der Waals surface area contributed by atoms with E-state index in [1.54, 1.807) is 0 Å². The summed E-state index contributed by atoms with van der Waals surface area (Å²) in [6.07, 6.45) is 9.09. The van der Waals surface area contributed by atoms with Crippen LogP contribution in [0, 0.1) is 11.8 Å². The van der Waals surface area contributed by atoms with Gasteiger partial charge in [0.1, 0.15) is 0 Å². The molecule has 1 saturated carbocycles. The molecule has 1 rings (SSSR count). The summed E-state index contributed by atoms with van der Waals surface area (Å²) in [6.45, 7) is 14.2. The average Bonchev–Trinajstić information content (AvgIpc) is 2.28. The van der Waals surface area contributed by atoms with Crippen LogP contribution < -0.4 is 0 Å². The van der Waals surface area contributed by atoms with E-state index in [0.717, 1.165) is 11.8 Å². The molecular weight excluding hydrogens is 168 g/mol. The lowest BCUT2D eigenvalue weighted by Gasteiger charge is -2.27. The zero-order valence-electron chi connectivity index (χ0n) is 11.0. The summed E-state index contributed by atoms with van der Waals surface area (Å²) in [5.74, 6) is 1.90. The molecule has 1 aliphatic rings. The van der Waals surface area contributed by atoms with Crippen LogP contribution in [0.1, 0.15) is 66.7 Å². The molecular formula is C14H30. The second-order valence-corrected chi connectivity index (χ2v) is 3.55. The third-order valence-electron chi connectivity index (χ3n) is 2.76. The maximum atomic E-state index is 3.79. The summed E-state index contributed by atoms with van der Waals surface area (Å²) < 4.78 is 0. The van der Waals surface area contributed by atoms with Crippen LogP contribution in [0.15, 0.2) is 12.7 Å². The predicted molar refractivity (Wildman–Crippen MR) is 68.6 cm³/mol. The molecule has 1 aliphatic carbocycles. The minimum absolute atomic E-state index is 0.950. The van der Waals surface area contributed by atoms with Gasteiger partial charge in [-0.1, -0.05) is 60.0 Å². The smallest absolute Gasteiger partial charge is 0.0322 e. The van der Waals surface area contributed by atoms with Gasteiger partial charge in [-0.3, -0.25) is 0 Å². The van der Waals surface area contributed by atoms with Crippen LogP contribution in [0.25, 0.3) is 0 Å². The molecule has 0 aromatic heterocycles. The first kappa shape index (κ1) is 16.2. The van der Waals surface area contributed by atoms with Crippen molar-refractivity contribution in [2.45, 2.75) is 66.7 Å². The van der Waals surface area contributed by atoms with Gasteiger partial charge in [0.2, 0.25) is 0 Å². The molecule has 1 fully saturated rings. The SMILES string of the molecule is C=CCC1CCCCC1C.CC.CC. The van der Waals surface area contributed by atoms with E-state index in [-0.39, 0.29) is 0 Å². The molecule has 0 radical (unpaired) electrons. The number of rotatable bonds is 2. The lowest BCUT2D eigenvalue weighted by molar-refractivity contribution is 0.258. The Labute approximate surface area is 91.8 Å². The second-order valence-electron chi connectivity index (χ2n) is 3.55. The summed E-state index contributed by atoms with van der Waals surface area (Å²) in [4.78, 5) is 0. The molecule has 0 nitrogen and oxygen atoms in total. The van der Waals surface area contributed by atoms with Gasteiger partial charge in [0, 0.05) is 0 Å². The van der Waals surface area contributed by atoms with Gasteiger partial charge in [-0.05, 0) is 24.7 Å². The summed E-state index contributed by atoms with van der Waals surface area (Å²) in [7, 11) is 0. The minimum atomic E-state index is 0.950. The van der Waals surface area contributed by atoms with Crippen LogP contribution in [-0.4, -0.2) is 0 Å². The highest BCUT2D eigenvalue weighted by Gasteiger charge is 2.19. The van der Waals surface area contributed by atoms with Crippen molar-refractivity contribution in [2.24, 2.45) is 11.8 Å². The first-order valence-corrected chi connectivity index (χ1v) is 6.45. The van der Waals surface area contributed by atoms with Crippen LogP contribution in [0.4, 0.5) is 0 Å². The van der Waals surface area contributed by atoms with Gasteiger partial charge >= 0.3 is 0 Å². The molecule has 0 saturated heterocycles. The highest BCUT2D eigenvalue weighted by molar-refractivity contribution is 4.79. The van der Waals surface area contributed by atoms with Crippen LogP contribution in [-0.2, 0) is 0 Å². The second kappa shape index (κ2) is 12.7. The summed E-state index contributed by atoms with van der Waals surface area (Å²) in [6, 6.07) is 0. The van der Waals surface area contributed by atoms with E-state index < -0.39 is 0 Å². The molecule has 0 aromatic rings. The molecule has 0 heteroatoms. The van der Waals surface area contributed by atoms with Gasteiger partial charge in [-0.15, -0.1) is 6.58 Å². The largest absolute Gasteiger partial charge is 0.103 e. The normalized spacial score (nSPS) is 24.9.